The molecule has 1 unspecified atom stereocenters. The number of nitrogens with one attached hydrogen (secondary N) is 2. The third-order valence-corrected chi connectivity index (χ3v) is 3.16. The Morgan fingerprint density at radius 3 is 2.95 bits per heavy atom. The first-order valence-corrected chi connectivity index (χ1v) is 7.16. The largest absolute Gasteiger partial charge is 0.405 e. The van der Waals surface area contributed by atoms with E-state index < -0.39 is 0 Å². The highest BCUT2D eigenvalue weighted by Crippen LogP contribution is 2.24. The number of nitrogens with zero attached hydrogens (tertiary/aromatic N) is 1. The molecule has 0 saturated heterocycles. The summed E-state index contributed by atoms with van der Waals surface area (Å²) in [7, 11) is 1.43. The quantitative estimate of drug-likeness (QED) is 0.386. The summed E-state index contributed by atoms with van der Waals surface area (Å²) in [5, 5.41) is 10.6. The average Bonchev–Trinajstić information content (AvgIpc) is 2.94. The second kappa shape index (κ2) is 10.4. The Morgan fingerprint density at radius 2 is 2.27 bits per heavy atom. The van der Waals surface area contributed by atoms with Gasteiger partial charge >= 0.3 is 0 Å². The molecule has 120 valence electrons. The van der Waals surface area contributed by atoms with E-state index in [0.29, 0.717) is 0 Å². The summed E-state index contributed by atoms with van der Waals surface area (Å²) in [4.78, 5) is 10.9. The van der Waals surface area contributed by atoms with Gasteiger partial charge in [0.2, 0.25) is 0 Å². The normalized spacial score (nSPS) is 19.3. The predicted octanol–water partition coefficient (Wildman–Crippen LogP) is 1.51. The average molecular weight is 304 g/mol. The number of nitrogens with two attached hydrogens (primary N) is 1. The summed E-state index contributed by atoms with van der Waals surface area (Å²) in [6.07, 6.45) is 15.2. The first-order chi connectivity index (χ1) is 10.8. The van der Waals surface area contributed by atoms with E-state index >= 15 is 0 Å². The van der Waals surface area contributed by atoms with Gasteiger partial charge in [-0.3, -0.25) is 4.79 Å². The van der Waals surface area contributed by atoms with Crippen molar-refractivity contribution in [3.8, 4) is 0 Å². The zero-order chi connectivity index (χ0) is 16.2. The number of fused-ring (bicyclic) bond motifs is 1. The van der Waals surface area contributed by atoms with Crippen molar-refractivity contribution in [3.63, 3.8) is 0 Å². The Balaban J connectivity index is 0.000000745. The molecule has 2 rings (SSSR count). The molecule has 0 aromatic carbocycles. The summed E-state index contributed by atoms with van der Waals surface area (Å²) in [5.74, 6) is 0.251. The van der Waals surface area contributed by atoms with Crippen LogP contribution in [0.25, 0.3) is 0 Å². The van der Waals surface area contributed by atoms with E-state index in [1.807, 2.05) is 30.6 Å². The molecular weight excluding hydrogens is 280 g/mol. The number of hydrogen-bond acceptors (Lipinski definition) is 5. The first-order valence-electron chi connectivity index (χ1n) is 7.16. The number of aldehydes is 1. The van der Waals surface area contributed by atoms with Gasteiger partial charge in [-0.2, -0.15) is 0 Å². The maximum Gasteiger partial charge on any atom is 0.151 e. The van der Waals surface area contributed by atoms with Crippen LogP contribution in [0.5, 0.6) is 0 Å². The van der Waals surface area contributed by atoms with Crippen LogP contribution in [-0.2, 0) is 6.54 Å². The lowest BCUT2D eigenvalue weighted by Gasteiger charge is -2.13. The molecule has 0 bridgehead atoms. The molecule has 0 aliphatic carbocycles. The Morgan fingerprint density at radius 1 is 1.50 bits per heavy atom. The van der Waals surface area contributed by atoms with Gasteiger partial charge in [0, 0.05) is 43.5 Å². The molecule has 5 N–H and O–H groups in total. The van der Waals surface area contributed by atoms with Crippen LogP contribution in [0.4, 0.5) is 0 Å². The zero-order valence-electron chi connectivity index (χ0n) is 12.8. The molecular formula is C16H24N4O2. The van der Waals surface area contributed by atoms with Crippen molar-refractivity contribution in [2.24, 2.45) is 5.73 Å². The van der Waals surface area contributed by atoms with E-state index in [9.17, 15) is 4.79 Å². The van der Waals surface area contributed by atoms with Crippen molar-refractivity contribution in [1.82, 2.24) is 15.4 Å². The van der Waals surface area contributed by atoms with Crippen molar-refractivity contribution in [2.75, 3.05) is 13.6 Å². The molecule has 6 heteroatoms. The molecule has 1 aromatic rings. The van der Waals surface area contributed by atoms with Crippen LogP contribution in [0.1, 0.15) is 28.4 Å². The minimum absolute atomic E-state index is 0.251. The Hall–Kier alpha value is -2.31. The Labute approximate surface area is 131 Å². The van der Waals surface area contributed by atoms with E-state index in [-0.39, 0.29) is 5.92 Å². The third kappa shape index (κ3) is 5.59. The van der Waals surface area contributed by atoms with Gasteiger partial charge in [-0.15, -0.1) is 0 Å². The molecule has 0 fully saturated rings. The monoisotopic (exact) mass is 304 g/mol. The Kier molecular flexibility index (Phi) is 8.40. The smallest absolute Gasteiger partial charge is 0.151 e. The minimum atomic E-state index is 0.251. The minimum Gasteiger partial charge on any atom is -0.405 e. The van der Waals surface area contributed by atoms with Gasteiger partial charge in [-0.05, 0) is 31.0 Å². The number of hydroxylamine groups is 1. The molecule has 0 spiro atoms. The van der Waals surface area contributed by atoms with Crippen molar-refractivity contribution in [3.05, 3.63) is 60.2 Å². The molecule has 0 radical (unpaired) electrons. The topological polar surface area (TPSA) is 92.3 Å². The number of allylic oxidation sites excluding steroid dienone is 4. The van der Waals surface area contributed by atoms with E-state index in [0.717, 1.165) is 37.1 Å². The third-order valence-electron chi connectivity index (χ3n) is 3.16. The number of hydrogen-bond donors (Lipinski definition) is 4. The molecule has 1 aliphatic heterocycles. The number of rotatable bonds is 3. The lowest BCUT2D eigenvalue weighted by molar-refractivity contribution is 0.112. The van der Waals surface area contributed by atoms with Gasteiger partial charge in [-0.25, -0.2) is 5.48 Å². The second-order valence-corrected chi connectivity index (χ2v) is 4.70. The van der Waals surface area contributed by atoms with Crippen LogP contribution in [0.3, 0.4) is 0 Å². The van der Waals surface area contributed by atoms with Gasteiger partial charge in [-0.1, -0.05) is 18.2 Å². The van der Waals surface area contributed by atoms with Crippen molar-refractivity contribution >= 4 is 6.29 Å². The van der Waals surface area contributed by atoms with E-state index in [4.69, 9.17) is 10.9 Å². The SMILES string of the molecule is CNO.N/C=C\C=C\C1C/C=C\NCCn2cc(C=O)cc21. The summed E-state index contributed by atoms with van der Waals surface area (Å²) in [6, 6.07) is 1.97. The standard InChI is InChI=1S/C15H19N3O.CH5NO/c16-6-2-1-4-14-5-3-7-17-8-9-18-11-13(12-19)10-15(14)18;1-2-3/h1-4,6-7,10-12,14,17H,5,8-9,16H2;2-3H,1H3/b4-1+,6-2-,7-3-;. The van der Waals surface area contributed by atoms with Crippen LogP contribution in [-0.4, -0.2) is 29.7 Å². The van der Waals surface area contributed by atoms with Crippen LogP contribution in [0.2, 0.25) is 0 Å². The van der Waals surface area contributed by atoms with Gasteiger partial charge < -0.3 is 20.8 Å². The molecule has 1 atom stereocenters. The fourth-order valence-corrected chi connectivity index (χ4v) is 2.25. The van der Waals surface area contributed by atoms with E-state index in [1.54, 1.807) is 5.48 Å². The fourth-order valence-electron chi connectivity index (χ4n) is 2.25. The highest BCUT2D eigenvalue weighted by Gasteiger charge is 2.14. The lowest BCUT2D eigenvalue weighted by atomic mass is 10.00. The molecule has 0 amide bonds. The second-order valence-electron chi connectivity index (χ2n) is 4.70. The van der Waals surface area contributed by atoms with Crippen LogP contribution >= 0.6 is 0 Å². The van der Waals surface area contributed by atoms with Crippen LogP contribution in [0, 0.1) is 0 Å². The molecule has 22 heavy (non-hydrogen) atoms. The van der Waals surface area contributed by atoms with E-state index in [2.05, 4.69) is 22.0 Å². The summed E-state index contributed by atoms with van der Waals surface area (Å²) in [6.45, 7) is 1.71. The molecule has 0 saturated carbocycles. The van der Waals surface area contributed by atoms with Crippen molar-refractivity contribution < 1.29 is 10.0 Å². The zero-order valence-corrected chi connectivity index (χ0v) is 12.8. The van der Waals surface area contributed by atoms with Crippen molar-refractivity contribution in [2.45, 2.75) is 18.9 Å². The molecule has 1 aromatic heterocycles. The molecule has 6 nitrogen and oxygen atoms in total. The summed E-state index contributed by atoms with van der Waals surface area (Å²) >= 11 is 0. The lowest BCUT2D eigenvalue weighted by Crippen LogP contribution is -2.14. The van der Waals surface area contributed by atoms with Gasteiger partial charge in [0.25, 0.3) is 0 Å². The predicted molar refractivity (Wildman–Crippen MR) is 87.6 cm³/mol. The Bertz CT molecular complexity index is 532. The first kappa shape index (κ1) is 17.7. The van der Waals surface area contributed by atoms with Gasteiger partial charge in [0.15, 0.2) is 6.29 Å². The highest BCUT2D eigenvalue weighted by atomic mass is 16.5. The maximum atomic E-state index is 10.9. The van der Waals surface area contributed by atoms with Crippen LogP contribution in [0.15, 0.2) is 49.0 Å². The highest BCUT2D eigenvalue weighted by molar-refractivity contribution is 5.75. The van der Waals surface area contributed by atoms with Crippen molar-refractivity contribution in [1.29, 1.82) is 0 Å². The van der Waals surface area contributed by atoms with Gasteiger partial charge in [0.05, 0.1) is 0 Å². The summed E-state index contributed by atoms with van der Waals surface area (Å²) in [5.41, 5.74) is 8.98. The van der Waals surface area contributed by atoms with Crippen LogP contribution < -0.4 is 16.5 Å². The molecule has 1 aliphatic rings. The van der Waals surface area contributed by atoms with E-state index in [1.165, 1.54) is 13.2 Å². The maximum absolute atomic E-state index is 10.9. The van der Waals surface area contributed by atoms with Gasteiger partial charge in [0.1, 0.15) is 0 Å². The number of carbonyl (C=O) groups excluding carboxylic acids is 1. The number of aromatic nitrogens is 1. The fraction of sp³-hybridized carbons (Fsp3) is 0.312. The number of carbonyl (C=O) groups is 1. The molecule has 2 heterocycles. The summed E-state index contributed by atoms with van der Waals surface area (Å²) < 4.78 is 2.14.